The van der Waals surface area contributed by atoms with E-state index in [2.05, 4.69) is 16.2 Å². The average Bonchev–Trinajstić information content (AvgIpc) is 3.15. The van der Waals surface area contributed by atoms with Gasteiger partial charge in [-0.15, -0.1) is 11.8 Å². The Hall–Kier alpha value is -1.60. The zero-order chi connectivity index (χ0) is 25.4. The van der Waals surface area contributed by atoms with Crippen LogP contribution in [0.3, 0.4) is 0 Å². The fourth-order valence-corrected chi connectivity index (χ4v) is 5.40. The quantitative estimate of drug-likeness (QED) is 0.423. The molecule has 1 aliphatic heterocycles. The second-order valence-corrected chi connectivity index (χ2v) is 10.9. The highest BCUT2D eigenvalue weighted by atomic mass is 32.2. The van der Waals surface area contributed by atoms with E-state index in [0.717, 1.165) is 25.7 Å². The first-order valence-electron chi connectivity index (χ1n) is 10.2. The molecule has 0 bridgehead atoms. The molecule has 1 amide bonds. The smallest absolute Gasteiger partial charge is 0.475 e. The Morgan fingerprint density at radius 1 is 1.27 bits per heavy atom. The number of alkyl halides is 3. The van der Waals surface area contributed by atoms with Crippen LogP contribution >= 0.6 is 11.8 Å². The molecule has 1 saturated heterocycles. The molecule has 15 heteroatoms. The lowest BCUT2D eigenvalue weighted by Gasteiger charge is -2.38. The van der Waals surface area contributed by atoms with Gasteiger partial charge in [-0.3, -0.25) is 10.2 Å². The monoisotopic (exact) mass is 517 g/mol. The van der Waals surface area contributed by atoms with Crippen LogP contribution in [0.4, 0.5) is 13.2 Å². The minimum absolute atomic E-state index is 0.0317. The first-order chi connectivity index (χ1) is 15.1. The van der Waals surface area contributed by atoms with Crippen LogP contribution in [0.1, 0.15) is 39.5 Å². The Balaban J connectivity index is 0.000000675. The molecule has 10 nitrogen and oxygen atoms in total. The normalized spacial score (nSPS) is 23.7. The van der Waals surface area contributed by atoms with Gasteiger partial charge in [0.15, 0.2) is 0 Å². The van der Waals surface area contributed by atoms with E-state index in [1.807, 2.05) is 18.9 Å². The van der Waals surface area contributed by atoms with Crippen molar-refractivity contribution in [3.63, 3.8) is 0 Å². The number of carboxylic acid groups (broad SMARTS) is 1. The lowest BCUT2D eigenvalue weighted by molar-refractivity contribution is -0.192. The van der Waals surface area contributed by atoms with E-state index in [4.69, 9.17) is 9.90 Å². The molecule has 0 radical (unpaired) electrons. The molecular weight excluding hydrogens is 487 g/mol. The summed E-state index contributed by atoms with van der Waals surface area (Å²) in [7, 11) is -3.19. The van der Waals surface area contributed by atoms with Crippen LogP contribution in [0.2, 0.25) is 0 Å². The van der Waals surface area contributed by atoms with Crippen molar-refractivity contribution in [2.45, 2.75) is 69.9 Å². The summed E-state index contributed by atoms with van der Waals surface area (Å²) in [5.74, 6) is -1.56. The zero-order valence-electron chi connectivity index (χ0n) is 18.6. The van der Waals surface area contributed by atoms with Crippen LogP contribution in [0.5, 0.6) is 0 Å². The molecule has 2 fully saturated rings. The van der Waals surface area contributed by atoms with Gasteiger partial charge in [0.2, 0.25) is 15.9 Å². The van der Waals surface area contributed by atoms with Crippen molar-refractivity contribution in [2.24, 2.45) is 0 Å². The maximum absolute atomic E-state index is 12.7. The number of carbonyl (C=O) groups excluding carboxylic acids is 1. The number of hydrogen-bond donors (Lipinski definition) is 3. The fraction of sp³-hybridized carbons (Fsp3) is 0.833. The third-order valence-electron chi connectivity index (χ3n) is 4.84. The third kappa shape index (κ3) is 10.9. The third-order valence-corrected chi connectivity index (χ3v) is 6.62. The van der Waals surface area contributed by atoms with Gasteiger partial charge in [-0.05, 0) is 39.5 Å². The van der Waals surface area contributed by atoms with Crippen LogP contribution in [0.25, 0.3) is 0 Å². The van der Waals surface area contributed by atoms with E-state index in [-0.39, 0.29) is 36.6 Å². The van der Waals surface area contributed by atoms with Gasteiger partial charge < -0.3 is 10.0 Å². The standard InChI is InChI=1S/C16H29N5O3S2.C2HF3O2/c1-12(2)18-21(9-16(22)20-11-25-10-15(20)8-17)14-6-4-13(5-7-14)19-26(3,23)24;3-2(4,5)1(6)7/h12-15,18-19H,4-7,9-11H2,1-3H3;(H,6,7). The van der Waals surface area contributed by atoms with Crippen molar-refractivity contribution in [1.82, 2.24) is 20.1 Å². The van der Waals surface area contributed by atoms with Crippen LogP contribution < -0.4 is 10.1 Å². The molecule has 3 N–H and O–H groups in total. The second-order valence-electron chi connectivity index (χ2n) is 8.12. The maximum Gasteiger partial charge on any atom is 0.490 e. The Kier molecular flexibility index (Phi) is 11.4. The number of sulfonamides is 1. The molecule has 0 aromatic rings. The molecule has 0 aromatic carbocycles. The highest BCUT2D eigenvalue weighted by molar-refractivity contribution is 7.99. The number of hydrogen-bond acceptors (Lipinski definition) is 8. The molecule has 1 unspecified atom stereocenters. The van der Waals surface area contributed by atoms with E-state index in [1.54, 1.807) is 16.7 Å². The minimum atomic E-state index is -5.08. The summed E-state index contributed by atoms with van der Waals surface area (Å²) in [6, 6.07) is 2.19. The second kappa shape index (κ2) is 12.7. The number of nitrogens with one attached hydrogen (secondary N) is 2. The summed E-state index contributed by atoms with van der Waals surface area (Å²) >= 11 is 1.60. The summed E-state index contributed by atoms with van der Waals surface area (Å²) in [6.07, 6.45) is -0.761. The Morgan fingerprint density at radius 3 is 2.24 bits per heavy atom. The van der Waals surface area contributed by atoms with Crippen molar-refractivity contribution in [3.8, 4) is 6.07 Å². The summed E-state index contributed by atoms with van der Waals surface area (Å²) in [6.45, 7) is 4.28. The Labute approximate surface area is 195 Å². The summed E-state index contributed by atoms with van der Waals surface area (Å²) in [5.41, 5.74) is 3.36. The minimum Gasteiger partial charge on any atom is -0.475 e. The maximum atomic E-state index is 12.7. The highest BCUT2D eigenvalue weighted by Crippen LogP contribution is 2.25. The fourth-order valence-electron chi connectivity index (χ4n) is 3.45. The van der Waals surface area contributed by atoms with Crippen molar-refractivity contribution in [3.05, 3.63) is 0 Å². The number of halogens is 3. The van der Waals surface area contributed by atoms with E-state index in [1.165, 1.54) is 6.26 Å². The molecular formula is C18H30F3N5O5S2. The average molecular weight is 518 g/mol. The van der Waals surface area contributed by atoms with E-state index in [9.17, 15) is 31.6 Å². The van der Waals surface area contributed by atoms with Gasteiger partial charge in [0, 0.05) is 23.9 Å². The lowest BCUT2D eigenvalue weighted by Crippen LogP contribution is -2.55. The van der Waals surface area contributed by atoms with Gasteiger partial charge in [0.25, 0.3) is 0 Å². The van der Waals surface area contributed by atoms with Crippen LogP contribution in [-0.2, 0) is 19.6 Å². The van der Waals surface area contributed by atoms with Crippen molar-refractivity contribution < 1.29 is 36.3 Å². The SMILES string of the molecule is CC(C)NN(CC(=O)N1CSCC1C#N)C1CCC(NS(C)(=O)=O)CC1.O=C(O)C(F)(F)F. The molecule has 2 rings (SSSR count). The van der Waals surface area contributed by atoms with Gasteiger partial charge in [0.1, 0.15) is 6.04 Å². The number of aliphatic carboxylic acids is 1. The molecule has 33 heavy (non-hydrogen) atoms. The van der Waals surface area contributed by atoms with Crippen molar-refractivity contribution in [1.29, 1.82) is 5.26 Å². The lowest BCUT2D eigenvalue weighted by atomic mass is 9.91. The molecule has 190 valence electrons. The van der Waals surface area contributed by atoms with Crippen LogP contribution in [0, 0.1) is 11.3 Å². The number of amides is 1. The van der Waals surface area contributed by atoms with Gasteiger partial charge >= 0.3 is 12.1 Å². The number of rotatable bonds is 7. The van der Waals surface area contributed by atoms with Gasteiger partial charge in [-0.2, -0.15) is 18.4 Å². The van der Waals surface area contributed by atoms with E-state index in [0.29, 0.717) is 11.6 Å². The molecule has 0 spiro atoms. The molecule has 1 heterocycles. The Bertz CT molecular complexity index is 811. The number of nitrogens with zero attached hydrogens (tertiary/aromatic N) is 3. The number of hydrazine groups is 1. The largest absolute Gasteiger partial charge is 0.490 e. The number of thioether (sulfide) groups is 1. The first kappa shape index (κ1) is 29.4. The topological polar surface area (TPSA) is 143 Å². The number of nitriles is 1. The molecule has 1 aliphatic carbocycles. The summed E-state index contributed by atoms with van der Waals surface area (Å²) in [4.78, 5) is 23.2. The molecule has 0 aromatic heterocycles. The number of carboxylic acids is 1. The van der Waals surface area contributed by atoms with Crippen molar-refractivity contribution in [2.75, 3.05) is 24.4 Å². The first-order valence-corrected chi connectivity index (χ1v) is 13.3. The molecule has 2 aliphatic rings. The number of carbonyl (C=O) groups is 2. The predicted molar refractivity (Wildman–Crippen MR) is 116 cm³/mol. The van der Waals surface area contributed by atoms with Crippen LogP contribution in [-0.4, -0.2) is 90.1 Å². The summed E-state index contributed by atoms with van der Waals surface area (Å²) < 4.78 is 57.2. The molecule has 1 atom stereocenters. The molecule has 1 saturated carbocycles. The van der Waals surface area contributed by atoms with E-state index >= 15 is 0 Å². The van der Waals surface area contributed by atoms with E-state index < -0.39 is 22.2 Å². The Morgan fingerprint density at radius 2 is 1.82 bits per heavy atom. The predicted octanol–water partition coefficient (Wildman–Crippen LogP) is 1.12. The van der Waals surface area contributed by atoms with Gasteiger partial charge in [0.05, 0.1) is 24.7 Å². The van der Waals surface area contributed by atoms with Crippen molar-refractivity contribution >= 4 is 33.7 Å². The highest BCUT2D eigenvalue weighted by Gasteiger charge is 2.38. The van der Waals surface area contributed by atoms with Crippen LogP contribution in [0.15, 0.2) is 0 Å². The zero-order valence-corrected chi connectivity index (χ0v) is 20.3. The van der Waals surface area contributed by atoms with Gasteiger partial charge in [-0.25, -0.2) is 22.9 Å². The van der Waals surface area contributed by atoms with Gasteiger partial charge in [-0.1, -0.05) is 0 Å². The summed E-state index contributed by atoms with van der Waals surface area (Å²) in [5, 5.41) is 18.3.